The van der Waals surface area contributed by atoms with Gasteiger partial charge in [0.15, 0.2) is 0 Å². The van der Waals surface area contributed by atoms with Crippen LogP contribution in [0.5, 0.6) is 5.75 Å². The molecule has 1 N–H and O–H groups in total. The molecule has 112 valence electrons. The number of carboxylic acid groups (broad SMARTS) is 1. The molecule has 0 saturated carbocycles. The van der Waals surface area contributed by atoms with E-state index >= 15 is 0 Å². The summed E-state index contributed by atoms with van der Waals surface area (Å²) in [7, 11) is -0.660. The van der Waals surface area contributed by atoms with Crippen LogP contribution < -0.4 is 4.74 Å². The molecule has 0 aliphatic carbocycles. The summed E-state index contributed by atoms with van der Waals surface area (Å²) in [4.78, 5) is 10.8. The zero-order valence-corrected chi connectivity index (χ0v) is 12.6. The molecule has 0 fully saturated rings. The summed E-state index contributed by atoms with van der Waals surface area (Å²) in [6, 6.07) is 6.77. The predicted molar refractivity (Wildman–Crippen MR) is 75.0 cm³/mol. The molecule has 1 rings (SSSR count). The van der Waals surface area contributed by atoms with Crippen molar-refractivity contribution in [3.8, 4) is 5.75 Å². The first-order chi connectivity index (χ1) is 9.26. The Morgan fingerprint density at radius 2 is 2.10 bits per heavy atom. The Morgan fingerprint density at radius 1 is 1.45 bits per heavy atom. The van der Waals surface area contributed by atoms with Crippen LogP contribution in [-0.4, -0.2) is 44.5 Å². The Bertz CT molecular complexity index is 570. The molecule has 0 saturated heterocycles. The van der Waals surface area contributed by atoms with Crippen molar-refractivity contribution >= 4 is 16.0 Å². The minimum Gasteiger partial charge on any atom is -0.497 e. The van der Waals surface area contributed by atoms with E-state index in [0.29, 0.717) is 11.3 Å². The summed E-state index contributed by atoms with van der Waals surface area (Å²) in [5, 5.41) is 8.82. The summed E-state index contributed by atoms with van der Waals surface area (Å²) in [6.07, 6.45) is 0. The Labute approximate surface area is 119 Å². The highest BCUT2D eigenvalue weighted by atomic mass is 32.2. The highest BCUT2D eigenvalue weighted by molar-refractivity contribution is 7.88. The number of hydrogen-bond acceptors (Lipinski definition) is 4. The zero-order valence-electron chi connectivity index (χ0n) is 11.7. The van der Waals surface area contributed by atoms with Gasteiger partial charge in [0.2, 0.25) is 10.0 Å². The third-order valence-corrected chi connectivity index (χ3v) is 4.71. The molecule has 1 aromatic rings. The lowest BCUT2D eigenvalue weighted by Crippen LogP contribution is -2.34. The summed E-state index contributed by atoms with van der Waals surface area (Å²) >= 11 is 0. The number of hydrogen-bond donors (Lipinski definition) is 1. The van der Waals surface area contributed by atoms with E-state index in [9.17, 15) is 13.2 Å². The number of benzene rings is 1. The number of aliphatic carboxylic acids is 1. The van der Waals surface area contributed by atoms with Crippen LogP contribution in [0.25, 0.3) is 0 Å². The van der Waals surface area contributed by atoms with Gasteiger partial charge in [0, 0.05) is 13.6 Å². The van der Waals surface area contributed by atoms with Gasteiger partial charge in [0.1, 0.15) is 5.75 Å². The molecule has 6 nitrogen and oxygen atoms in total. The number of nitrogens with zero attached hydrogens (tertiary/aromatic N) is 1. The molecule has 0 bridgehead atoms. The van der Waals surface area contributed by atoms with Crippen molar-refractivity contribution in [1.29, 1.82) is 0 Å². The maximum Gasteiger partial charge on any atom is 0.307 e. The Hall–Kier alpha value is -1.60. The van der Waals surface area contributed by atoms with Crippen molar-refractivity contribution in [2.45, 2.75) is 12.7 Å². The highest BCUT2D eigenvalue weighted by Crippen LogP contribution is 2.16. The molecule has 0 amide bonds. The molecular formula is C13H19NO5S. The lowest BCUT2D eigenvalue weighted by Gasteiger charge is -2.19. The van der Waals surface area contributed by atoms with Gasteiger partial charge in [-0.2, -0.15) is 0 Å². The van der Waals surface area contributed by atoms with E-state index in [1.54, 1.807) is 24.3 Å². The predicted octanol–water partition coefficient (Wildman–Crippen LogP) is 1.18. The fraction of sp³-hybridized carbons (Fsp3) is 0.462. The van der Waals surface area contributed by atoms with Gasteiger partial charge in [-0.3, -0.25) is 4.79 Å². The summed E-state index contributed by atoms with van der Waals surface area (Å²) < 4.78 is 30.4. The third-order valence-electron chi connectivity index (χ3n) is 2.91. The zero-order chi connectivity index (χ0) is 15.3. The normalized spacial score (nSPS) is 13.2. The van der Waals surface area contributed by atoms with E-state index in [-0.39, 0.29) is 12.3 Å². The highest BCUT2D eigenvalue weighted by Gasteiger charge is 2.23. The number of methoxy groups -OCH3 is 1. The second-order valence-electron chi connectivity index (χ2n) is 4.63. The van der Waals surface area contributed by atoms with Crippen LogP contribution in [0.15, 0.2) is 24.3 Å². The van der Waals surface area contributed by atoms with E-state index in [2.05, 4.69) is 0 Å². The molecule has 0 aromatic heterocycles. The Balaban J connectivity index is 2.80. The molecule has 20 heavy (non-hydrogen) atoms. The average molecular weight is 301 g/mol. The third kappa shape index (κ3) is 4.50. The van der Waals surface area contributed by atoms with Crippen molar-refractivity contribution in [2.24, 2.45) is 5.92 Å². The molecule has 0 spiro atoms. The fourth-order valence-electron chi connectivity index (χ4n) is 1.66. The van der Waals surface area contributed by atoms with Crippen molar-refractivity contribution in [2.75, 3.05) is 20.7 Å². The van der Waals surface area contributed by atoms with Crippen LogP contribution in [-0.2, 0) is 20.6 Å². The SMILES string of the molecule is COc1cccc(CS(=O)(=O)N(C)CC(C)C(=O)O)c1. The van der Waals surface area contributed by atoms with Gasteiger partial charge in [-0.15, -0.1) is 0 Å². The Kier molecular flexibility index (Phi) is 5.52. The molecule has 0 aliphatic heterocycles. The number of rotatable bonds is 7. The van der Waals surface area contributed by atoms with Gasteiger partial charge in [0.25, 0.3) is 0 Å². The topological polar surface area (TPSA) is 83.9 Å². The van der Waals surface area contributed by atoms with E-state index in [0.717, 1.165) is 4.31 Å². The first kappa shape index (κ1) is 16.5. The lowest BCUT2D eigenvalue weighted by atomic mass is 10.2. The second-order valence-corrected chi connectivity index (χ2v) is 6.70. The largest absolute Gasteiger partial charge is 0.497 e. The van der Waals surface area contributed by atoms with Gasteiger partial charge >= 0.3 is 5.97 Å². The molecule has 0 radical (unpaired) electrons. The smallest absolute Gasteiger partial charge is 0.307 e. The van der Waals surface area contributed by atoms with E-state index in [1.165, 1.54) is 21.1 Å². The van der Waals surface area contributed by atoms with Crippen LogP contribution in [0, 0.1) is 5.92 Å². The van der Waals surface area contributed by atoms with Crippen LogP contribution in [0.3, 0.4) is 0 Å². The van der Waals surface area contributed by atoms with Crippen molar-refractivity contribution in [3.63, 3.8) is 0 Å². The van der Waals surface area contributed by atoms with Gasteiger partial charge in [-0.25, -0.2) is 12.7 Å². The van der Waals surface area contributed by atoms with E-state index < -0.39 is 21.9 Å². The quantitative estimate of drug-likeness (QED) is 0.817. The maximum atomic E-state index is 12.1. The van der Waals surface area contributed by atoms with Crippen LogP contribution in [0.4, 0.5) is 0 Å². The van der Waals surface area contributed by atoms with Crippen LogP contribution in [0.2, 0.25) is 0 Å². The molecule has 0 heterocycles. The van der Waals surface area contributed by atoms with Gasteiger partial charge in [0.05, 0.1) is 18.8 Å². The number of carboxylic acids is 1. The van der Waals surface area contributed by atoms with Crippen molar-refractivity contribution < 1.29 is 23.1 Å². The van der Waals surface area contributed by atoms with Gasteiger partial charge < -0.3 is 9.84 Å². The standard InChI is InChI=1S/C13H19NO5S/c1-10(13(15)16)8-14(2)20(17,18)9-11-5-4-6-12(7-11)19-3/h4-7,10H,8-9H2,1-3H3,(H,15,16). The van der Waals surface area contributed by atoms with Gasteiger partial charge in [-0.05, 0) is 17.7 Å². The first-order valence-corrected chi connectivity index (χ1v) is 7.67. The summed E-state index contributed by atoms with van der Waals surface area (Å²) in [5.74, 6) is -1.37. The Morgan fingerprint density at radius 3 is 2.65 bits per heavy atom. The first-order valence-electron chi connectivity index (χ1n) is 6.06. The molecule has 1 atom stereocenters. The van der Waals surface area contributed by atoms with Crippen LogP contribution in [0.1, 0.15) is 12.5 Å². The molecule has 1 aromatic carbocycles. The number of carbonyl (C=O) groups is 1. The minimum atomic E-state index is -3.55. The maximum absolute atomic E-state index is 12.1. The summed E-state index contributed by atoms with van der Waals surface area (Å²) in [5.41, 5.74) is 0.596. The van der Waals surface area contributed by atoms with E-state index in [1.807, 2.05) is 0 Å². The van der Waals surface area contributed by atoms with Crippen molar-refractivity contribution in [3.05, 3.63) is 29.8 Å². The van der Waals surface area contributed by atoms with E-state index in [4.69, 9.17) is 9.84 Å². The summed E-state index contributed by atoms with van der Waals surface area (Å²) in [6.45, 7) is 1.42. The monoisotopic (exact) mass is 301 g/mol. The molecule has 1 unspecified atom stereocenters. The number of sulfonamides is 1. The number of ether oxygens (including phenoxy) is 1. The second kappa shape index (κ2) is 6.71. The average Bonchev–Trinajstić information content (AvgIpc) is 2.38. The fourth-order valence-corrected chi connectivity index (χ4v) is 2.93. The molecule has 7 heteroatoms. The van der Waals surface area contributed by atoms with Gasteiger partial charge in [-0.1, -0.05) is 19.1 Å². The van der Waals surface area contributed by atoms with Crippen LogP contribution >= 0.6 is 0 Å². The molecule has 0 aliphatic rings. The van der Waals surface area contributed by atoms with Crippen molar-refractivity contribution in [1.82, 2.24) is 4.31 Å². The minimum absolute atomic E-state index is 0.0539. The lowest BCUT2D eigenvalue weighted by molar-refractivity contribution is -0.141. The molecular weight excluding hydrogens is 282 g/mol.